The molecule has 0 bridgehead atoms. The van der Waals surface area contributed by atoms with Gasteiger partial charge >= 0.3 is 6.09 Å². The SMILES string of the molecule is C=CCC1C[C@H](CCCCCC)N(C(=O)Oc2ccccc2)C2=C1CCCC2. The van der Waals surface area contributed by atoms with Gasteiger partial charge in [0.1, 0.15) is 5.75 Å². The molecule has 1 aliphatic carbocycles. The van der Waals surface area contributed by atoms with E-state index in [9.17, 15) is 4.79 Å². The third-order valence-corrected chi connectivity index (χ3v) is 6.17. The van der Waals surface area contributed by atoms with Crippen LogP contribution < -0.4 is 4.74 Å². The van der Waals surface area contributed by atoms with E-state index in [2.05, 4.69) is 19.6 Å². The van der Waals surface area contributed by atoms with Gasteiger partial charge in [0.15, 0.2) is 0 Å². The predicted molar refractivity (Wildman–Crippen MR) is 115 cm³/mol. The van der Waals surface area contributed by atoms with Crippen LogP contribution in [0.25, 0.3) is 0 Å². The van der Waals surface area contributed by atoms with Gasteiger partial charge in [0.25, 0.3) is 0 Å². The van der Waals surface area contributed by atoms with Gasteiger partial charge in [0, 0.05) is 11.7 Å². The average Bonchev–Trinajstić information content (AvgIpc) is 2.72. The largest absolute Gasteiger partial charge is 0.419 e. The lowest BCUT2D eigenvalue weighted by Gasteiger charge is -2.44. The first-order valence-electron chi connectivity index (χ1n) is 11.1. The van der Waals surface area contributed by atoms with Crippen LogP contribution in [0.15, 0.2) is 54.3 Å². The summed E-state index contributed by atoms with van der Waals surface area (Å²) in [5.41, 5.74) is 2.74. The highest BCUT2D eigenvalue weighted by atomic mass is 16.6. The molecule has 0 fully saturated rings. The number of hydrogen-bond acceptors (Lipinski definition) is 2. The summed E-state index contributed by atoms with van der Waals surface area (Å²) in [4.78, 5) is 15.3. The fourth-order valence-electron chi connectivity index (χ4n) is 4.82. The van der Waals surface area contributed by atoms with Crippen LogP contribution in [0.1, 0.15) is 77.6 Å². The summed E-state index contributed by atoms with van der Waals surface area (Å²) in [5.74, 6) is 1.17. The van der Waals surface area contributed by atoms with Gasteiger partial charge in [-0.1, -0.05) is 56.9 Å². The van der Waals surface area contributed by atoms with Gasteiger partial charge in [-0.3, -0.25) is 4.90 Å². The maximum absolute atomic E-state index is 13.2. The molecule has 3 rings (SSSR count). The average molecular weight is 382 g/mol. The number of carbonyl (C=O) groups excluding carboxylic acids is 1. The van der Waals surface area contributed by atoms with Crippen molar-refractivity contribution in [2.45, 2.75) is 83.6 Å². The zero-order valence-corrected chi connectivity index (χ0v) is 17.4. The molecule has 1 amide bonds. The highest BCUT2D eigenvalue weighted by Gasteiger charge is 2.38. The Labute approximate surface area is 170 Å². The second-order valence-electron chi connectivity index (χ2n) is 8.19. The Morgan fingerprint density at radius 1 is 1.18 bits per heavy atom. The molecular formula is C25H35NO2. The molecule has 152 valence electrons. The maximum atomic E-state index is 13.2. The number of hydrogen-bond donors (Lipinski definition) is 0. The predicted octanol–water partition coefficient (Wildman–Crippen LogP) is 7.25. The number of unbranched alkanes of at least 4 members (excludes halogenated alkanes) is 3. The minimum atomic E-state index is -0.196. The van der Waals surface area contributed by atoms with Gasteiger partial charge < -0.3 is 4.74 Å². The van der Waals surface area contributed by atoms with Crippen LogP contribution in [0.4, 0.5) is 4.79 Å². The second-order valence-corrected chi connectivity index (χ2v) is 8.19. The number of rotatable bonds is 8. The van der Waals surface area contributed by atoms with Crippen LogP contribution >= 0.6 is 0 Å². The molecule has 0 spiro atoms. The molecule has 1 aromatic rings. The first-order chi connectivity index (χ1) is 13.7. The monoisotopic (exact) mass is 381 g/mol. The number of nitrogens with zero attached hydrogens (tertiary/aromatic N) is 1. The summed E-state index contributed by atoms with van der Waals surface area (Å²) in [5, 5.41) is 0. The van der Waals surface area contributed by atoms with Crippen LogP contribution in [0.5, 0.6) is 5.75 Å². The van der Waals surface area contributed by atoms with Crippen molar-refractivity contribution < 1.29 is 9.53 Å². The molecule has 28 heavy (non-hydrogen) atoms. The Kier molecular flexibility index (Phi) is 7.76. The molecular weight excluding hydrogens is 346 g/mol. The zero-order valence-electron chi connectivity index (χ0n) is 17.4. The van der Waals surface area contributed by atoms with Gasteiger partial charge in [-0.15, -0.1) is 6.58 Å². The molecule has 1 unspecified atom stereocenters. The van der Waals surface area contributed by atoms with Crippen molar-refractivity contribution in [3.63, 3.8) is 0 Å². The third-order valence-electron chi connectivity index (χ3n) is 6.17. The molecule has 0 radical (unpaired) electrons. The van der Waals surface area contributed by atoms with Crippen molar-refractivity contribution in [3.8, 4) is 5.75 Å². The molecule has 1 aromatic carbocycles. The van der Waals surface area contributed by atoms with Crippen LogP contribution in [0, 0.1) is 5.92 Å². The van der Waals surface area contributed by atoms with Crippen molar-refractivity contribution in [3.05, 3.63) is 54.3 Å². The third kappa shape index (κ3) is 5.06. The highest BCUT2D eigenvalue weighted by Crippen LogP contribution is 2.43. The van der Waals surface area contributed by atoms with E-state index in [1.54, 1.807) is 0 Å². The Morgan fingerprint density at radius 3 is 2.71 bits per heavy atom. The summed E-state index contributed by atoms with van der Waals surface area (Å²) in [7, 11) is 0. The normalized spacial score (nSPS) is 22.0. The van der Waals surface area contributed by atoms with Gasteiger partial charge in [0.05, 0.1) is 0 Å². The molecule has 1 heterocycles. The Balaban J connectivity index is 1.84. The molecule has 3 heteroatoms. The van der Waals surface area contributed by atoms with E-state index in [0.29, 0.717) is 11.7 Å². The summed E-state index contributed by atoms with van der Waals surface area (Å²) < 4.78 is 5.79. The minimum absolute atomic E-state index is 0.196. The van der Waals surface area contributed by atoms with Crippen molar-refractivity contribution in [1.82, 2.24) is 4.90 Å². The lowest BCUT2D eigenvalue weighted by molar-refractivity contribution is 0.123. The maximum Gasteiger partial charge on any atom is 0.419 e. The molecule has 2 atom stereocenters. The molecule has 2 aliphatic rings. The number of para-hydroxylation sites is 1. The zero-order chi connectivity index (χ0) is 19.8. The molecule has 0 saturated carbocycles. The van der Waals surface area contributed by atoms with Gasteiger partial charge in [-0.2, -0.15) is 0 Å². The van der Waals surface area contributed by atoms with Crippen molar-refractivity contribution in [1.29, 1.82) is 0 Å². The van der Waals surface area contributed by atoms with Crippen LogP contribution in [0.3, 0.4) is 0 Å². The van der Waals surface area contributed by atoms with Crippen LogP contribution in [0.2, 0.25) is 0 Å². The fourth-order valence-corrected chi connectivity index (χ4v) is 4.82. The second kappa shape index (κ2) is 10.5. The number of allylic oxidation sites excluding steroid dienone is 3. The Bertz CT molecular complexity index is 679. The lowest BCUT2D eigenvalue weighted by Crippen LogP contribution is -2.47. The van der Waals surface area contributed by atoms with Crippen molar-refractivity contribution in [2.75, 3.05) is 0 Å². The molecule has 0 saturated heterocycles. The van der Waals surface area contributed by atoms with E-state index < -0.39 is 0 Å². The summed E-state index contributed by atoms with van der Waals surface area (Å²) in [6.07, 6.45) is 14.4. The highest BCUT2D eigenvalue weighted by molar-refractivity contribution is 5.74. The van der Waals surface area contributed by atoms with Crippen molar-refractivity contribution in [2.24, 2.45) is 5.92 Å². The van der Waals surface area contributed by atoms with E-state index in [1.807, 2.05) is 35.2 Å². The molecule has 1 aliphatic heterocycles. The number of carbonyl (C=O) groups is 1. The van der Waals surface area contributed by atoms with Crippen LogP contribution in [-0.2, 0) is 0 Å². The van der Waals surface area contributed by atoms with E-state index in [-0.39, 0.29) is 12.1 Å². The molecule has 3 nitrogen and oxygen atoms in total. The smallest absolute Gasteiger partial charge is 0.410 e. The minimum Gasteiger partial charge on any atom is -0.410 e. The Morgan fingerprint density at radius 2 is 1.96 bits per heavy atom. The van der Waals surface area contributed by atoms with Crippen molar-refractivity contribution >= 4 is 6.09 Å². The van der Waals surface area contributed by atoms with E-state index in [0.717, 1.165) is 38.5 Å². The van der Waals surface area contributed by atoms with E-state index >= 15 is 0 Å². The van der Waals surface area contributed by atoms with Crippen LogP contribution in [-0.4, -0.2) is 17.0 Å². The van der Waals surface area contributed by atoms with Gasteiger partial charge in [-0.25, -0.2) is 4.79 Å². The quantitative estimate of drug-likeness (QED) is 0.350. The number of benzene rings is 1. The van der Waals surface area contributed by atoms with Gasteiger partial charge in [-0.05, 0) is 68.6 Å². The molecule has 0 N–H and O–H groups in total. The summed E-state index contributed by atoms with van der Waals surface area (Å²) >= 11 is 0. The van der Waals surface area contributed by atoms with E-state index in [4.69, 9.17) is 4.74 Å². The first-order valence-corrected chi connectivity index (χ1v) is 11.1. The lowest BCUT2D eigenvalue weighted by atomic mass is 9.76. The summed E-state index contributed by atoms with van der Waals surface area (Å²) in [6.45, 7) is 6.23. The number of amides is 1. The molecule has 0 aromatic heterocycles. The number of ether oxygens (including phenoxy) is 1. The first kappa shape index (κ1) is 20.7. The topological polar surface area (TPSA) is 29.5 Å². The van der Waals surface area contributed by atoms with E-state index in [1.165, 1.54) is 43.4 Å². The fraction of sp³-hybridized carbons (Fsp3) is 0.560. The van der Waals surface area contributed by atoms with Gasteiger partial charge in [0.2, 0.25) is 0 Å². The Hall–Kier alpha value is -2.03. The summed E-state index contributed by atoms with van der Waals surface area (Å²) in [6, 6.07) is 9.72. The standard InChI is InChI=1S/C25H35NO2/c1-3-5-6-8-14-21-19-20(13-4-2)23-17-11-12-18-24(23)26(21)25(27)28-22-15-9-7-10-16-22/h4,7,9-10,15-16,20-21H,2-3,5-6,8,11-14,17-19H2,1H3/t20?,21-/m0/s1.